The van der Waals surface area contributed by atoms with Gasteiger partial charge in [0.05, 0.1) is 6.04 Å². The number of piperazine rings is 1. The first-order valence-electron chi connectivity index (χ1n) is 9.46. The maximum atomic E-state index is 13.0. The molecule has 2 amide bonds. The second-order valence-corrected chi connectivity index (χ2v) is 7.28. The molecule has 1 aliphatic rings. The van der Waals surface area contributed by atoms with E-state index in [-0.39, 0.29) is 17.7 Å². The number of amides is 2. The lowest BCUT2D eigenvalue weighted by Crippen LogP contribution is -2.63. The zero-order valence-corrected chi connectivity index (χ0v) is 16.6. The Balaban J connectivity index is 2.88. The van der Waals surface area contributed by atoms with Crippen LogP contribution in [0.4, 0.5) is 0 Å². The number of likely N-dealkylation sites (N-methyl/N-ethyl adjacent to an activating group) is 1. The van der Waals surface area contributed by atoms with Gasteiger partial charge in [-0.15, -0.1) is 0 Å². The molecular formula is C18H34N4O4. The summed E-state index contributed by atoms with van der Waals surface area (Å²) in [7, 11) is 1.67. The van der Waals surface area contributed by atoms with Crippen molar-refractivity contribution in [1.82, 2.24) is 20.4 Å². The molecule has 1 aliphatic heterocycles. The highest BCUT2D eigenvalue weighted by Gasteiger charge is 2.39. The second kappa shape index (κ2) is 10.5. The van der Waals surface area contributed by atoms with Crippen molar-refractivity contribution in [2.24, 2.45) is 5.92 Å². The Morgan fingerprint density at radius 2 is 1.85 bits per heavy atom. The zero-order chi connectivity index (χ0) is 19.9. The van der Waals surface area contributed by atoms with E-state index < -0.39 is 24.1 Å². The van der Waals surface area contributed by atoms with Crippen molar-refractivity contribution < 1.29 is 19.5 Å². The molecule has 0 aromatic carbocycles. The van der Waals surface area contributed by atoms with Crippen LogP contribution in [0.15, 0.2) is 0 Å². The third-order valence-corrected chi connectivity index (χ3v) is 4.92. The zero-order valence-electron chi connectivity index (χ0n) is 16.6. The Kier molecular flexibility index (Phi) is 9.01. The number of carbonyl (C=O) groups is 3. The Morgan fingerprint density at radius 1 is 1.19 bits per heavy atom. The molecule has 1 heterocycles. The first-order valence-corrected chi connectivity index (χ1v) is 9.46. The number of unbranched alkanes of at least 4 members (excludes halogenated alkanes) is 1. The number of hydrogen-bond donors (Lipinski definition) is 3. The maximum absolute atomic E-state index is 13.0. The lowest BCUT2D eigenvalue weighted by Gasteiger charge is -2.41. The van der Waals surface area contributed by atoms with E-state index in [1.807, 2.05) is 13.8 Å². The van der Waals surface area contributed by atoms with Gasteiger partial charge >= 0.3 is 5.97 Å². The van der Waals surface area contributed by atoms with E-state index in [4.69, 9.17) is 0 Å². The van der Waals surface area contributed by atoms with E-state index in [0.29, 0.717) is 19.6 Å². The van der Waals surface area contributed by atoms with Gasteiger partial charge in [0.1, 0.15) is 12.1 Å². The summed E-state index contributed by atoms with van der Waals surface area (Å²) in [5.74, 6) is -1.73. The molecule has 1 saturated heterocycles. The highest BCUT2D eigenvalue weighted by molar-refractivity contribution is 5.92. The van der Waals surface area contributed by atoms with Crippen LogP contribution in [0.2, 0.25) is 0 Å². The summed E-state index contributed by atoms with van der Waals surface area (Å²) in [6.07, 6.45) is 2.05. The van der Waals surface area contributed by atoms with Gasteiger partial charge in [-0.2, -0.15) is 0 Å². The van der Waals surface area contributed by atoms with E-state index in [1.165, 1.54) is 4.90 Å². The van der Waals surface area contributed by atoms with Gasteiger partial charge in [-0.05, 0) is 32.9 Å². The summed E-state index contributed by atoms with van der Waals surface area (Å²) in [4.78, 5) is 40.5. The predicted octanol–water partition coefficient (Wildman–Crippen LogP) is 0.133. The lowest BCUT2D eigenvalue weighted by molar-refractivity contribution is -0.155. The van der Waals surface area contributed by atoms with Crippen LogP contribution in [0.1, 0.15) is 40.5 Å². The molecule has 0 bridgehead atoms. The topological polar surface area (TPSA) is 102 Å². The average molecular weight is 370 g/mol. The lowest BCUT2D eigenvalue weighted by atomic mass is 10.00. The molecule has 8 heteroatoms. The van der Waals surface area contributed by atoms with Gasteiger partial charge in [0, 0.05) is 19.6 Å². The van der Waals surface area contributed by atoms with Crippen LogP contribution in [0.25, 0.3) is 0 Å². The third kappa shape index (κ3) is 5.95. The Bertz CT molecular complexity index is 498. The van der Waals surface area contributed by atoms with E-state index in [9.17, 15) is 19.5 Å². The van der Waals surface area contributed by atoms with Crippen molar-refractivity contribution in [3.8, 4) is 0 Å². The van der Waals surface area contributed by atoms with E-state index in [1.54, 1.807) is 14.0 Å². The Morgan fingerprint density at radius 3 is 2.35 bits per heavy atom. The second-order valence-electron chi connectivity index (χ2n) is 7.28. The minimum Gasteiger partial charge on any atom is -0.480 e. The smallest absolute Gasteiger partial charge is 0.327 e. The highest BCUT2D eigenvalue weighted by Crippen LogP contribution is 2.16. The van der Waals surface area contributed by atoms with Crippen LogP contribution < -0.4 is 10.6 Å². The first kappa shape index (κ1) is 22.4. The van der Waals surface area contributed by atoms with E-state index >= 15 is 0 Å². The summed E-state index contributed by atoms with van der Waals surface area (Å²) in [6.45, 7) is 9.68. The molecule has 0 aromatic rings. The van der Waals surface area contributed by atoms with Crippen LogP contribution in [0.3, 0.4) is 0 Å². The van der Waals surface area contributed by atoms with Gasteiger partial charge in [0.2, 0.25) is 11.8 Å². The first-order chi connectivity index (χ1) is 12.2. The maximum Gasteiger partial charge on any atom is 0.327 e. The molecule has 1 fully saturated rings. The minimum atomic E-state index is -1.00. The van der Waals surface area contributed by atoms with Crippen LogP contribution in [-0.2, 0) is 14.4 Å². The SMILES string of the molecule is CCCCN1CCN(C(=O)[C@@H](NC(=O)[C@H](C)NC)C(C)C)[C@H](C(=O)O)C1. The Labute approximate surface area is 156 Å². The quantitative estimate of drug-likeness (QED) is 0.533. The standard InChI is InChI=1S/C18H34N4O4/c1-6-7-8-21-9-10-22(14(11-21)18(25)26)17(24)15(12(2)3)20-16(23)13(4)19-5/h12-15,19H,6-11H2,1-5H3,(H,20,23)(H,25,26)/t13-,14-,15-/m0/s1. The molecule has 150 valence electrons. The van der Waals surface area contributed by atoms with E-state index in [2.05, 4.69) is 22.5 Å². The molecule has 0 aliphatic carbocycles. The number of hydrogen-bond acceptors (Lipinski definition) is 5. The Hall–Kier alpha value is -1.67. The van der Waals surface area contributed by atoms with Crippen LogP contribution in [0.5, 0.6) is 0 Å². The van der Waals surface area contributed by atoms with Gasteiger partial charge in [-0.3, -0.25) is 14.5 Å². The molecule has 0 unspecified atom stereocenters. The molecule has 0 radical (unpaired) electrons. The third-order valence-electron chi connectivity index (χ3n) is 4.92. The van der Waals surface area contributed by atoms with Crippen molar-refractivity contribution in [3.63, 3.8) is 0 Å². The van der Waals surface area contributed by atoms with Gasteiger partial charge in [0.25, 0.3) is 0 Å². The molecule has 8 nitrogen and oxygen atoms in total. The summed E-state index contributed by atoms with van der Waals surface area (Å²) in [6, 6.07) is -2.04. The number of rotatable bonds is 9. The van der Waals surface area contributed by atoms with Crippen molar-refractivity contribution in [1.29, 1.82) is 0 Å². The summed E-state index contributed by atoms with van der Waals surface area (Å²) < 4.78 is 0. The summed E-state index contributed by atoms with van der Waals surface area (Å²) in [5, 5.41) is 15.2. The number of nitrogens with one attached hydrogen (secondary N) is 2. The number of carboxylic acids is 1. The molecule has 0 saturated carbocycles. The number of aliphatic carboxylic acids is 1. The molecule has 26 heavy (non-hydrogen) atoms. The molecule has 3 atom stereocenters. The van der Waals surface area contributed by atoms with Crippen LogP contribution in [0, 0.1) is 5.92 Å². The number of carbonyl (C=O) groups excluding carboxylic acids is 2. The largest absolute Gasteiger partial charge is 0.480 e. The van der Waals surface area contributed by atoms with Crippen LogP contribution >= 0.6 is 0 Å². The average Bonchev–Trinajstić information content (AvgIpc) is 2.62. The minimum absolute atomic E-state index is 0.136. The van der Waals surface area contributed by atoms with Gasteiger partial charge in [-0.25, -0.2) is 4.79 Å². The number of nitrogens with zero attached hydrogens (tertiary/aromatic N) is 2. The highest BCUT2D eigenvalue weighted by atomic mass is 16.4. The molecule has 0 aromatic heterocycles. The van der Waals surface area contributed by atoms with Gasteiger partial charge < -0.3 is 20.6 Å². The van der Waals surface area contributed by atoms with Gasteiger partial charge in [-0.1, -0.05) is 27.2 Å². The molecule has 0 spiro atoms. The molecular weight excluding hydrogens is 336 g/mol. The van der Waals surface area contributed by atoms with Crippen molar-refractivity contribution in [3.05, 3.63) is 0 Å². The normalized spacial score (nSPS) is 20.7. The van der Waals surface area contributed by atoms with Gasteiger partial charge in [0.15, 0.2) is 0 Å². The fraction of sp³-hybridized carbons (Fsp3) is 0.833. The van der Waals surface area contributed by atoms with Crippen molar-refractivity contribution in [2.45, 2.75) is 58.7 Å². The molecule has 3 N–H and O–H groups in total. The molecule has 1 rings (SSSR count). The van der Waals surface area contributed by atoms with Crippen molar-refractivity contribution >= 4 is 17.8 Å². The van der Waals surface area contributed by atoms with Crippen molar-refractivity contribution in [2.75, 3.05) is 33.2 Å². The number of carboxylic acid groups (broad SMARTS) is 1. The summed E-state index contributed by atoms with van der Waals surface area (Å²) >= 11 is 0. The van der Waals surface area contributed by atoms with Crippen LogP contribution in [-0.4, -0.2) is 84.0 Å². The summed E-state index contributed by atoms with van der Waals surface area (Å²) in [5.41, 5.74) is 0. The van der Waals surface area contributed by atoms with E-state index in [0.717, 1.165) is 19.4 Å². The monoisotopic (exact) mass is 370 g/mol. The fourth-order valence-electron chi connectivity index (χ4n) is 3.00. The predicted molar refractivity (Wildman–Crippen MR) is 99.8 cm³/mol. The fourth-order valence-corrected chi connectivity index (χ4v) is 3.00.